The van der Waals surface area contributed by atoms with Crippen LogP contribution in [0.5, 0.6) is 0 Å². The summed E-state index contributed by atoms with van der Waals surface area (Å²) in [6.45, 7) is 3.70. The highest BCUT2D eigenvalue weighted by molar-refractivity contribution is 9.09. The van der Waals surface area contributed by atoms with Crippen LogP contribution in [0, 0.1) is 0 Å². The number of rotatable bonds is 3. The van der Waals surface area contributed by atoms with E-state index < -0.39 is 11.7 Å². The third-order valence-electron chi connectivity index (χ3n) is 2.37. The van der Waals surface area contributed by atoms with E-state index in [1.165, 1.54) is 12.4 Å². The fourth-order valence-electron chi connectivity index (χ4n) is 1.67. The fraction of sp³-hybridized carbons (Fsp3) is 0.545. The maximum Gasteiger partial charge on any atom is 0.416 e. The van der Waals surface area contributed by atoms with Gasteiger partial charge in [-0.1, -0.05) is 29.8 Å². The highest BCUT2D eigenvalue weighted by Crippen LogP contribution is 2.36. The van der Waals surface area contributed by atoms with Crippen LogP contribution in [-0.4, -0.2) is 9.81 Å². The van der Waals surface area contributed by atoms with Crippen LogP contribution in [0.1, 0.15) is 37.3 Å². The molecule has 2 atom stereocenters. The first kappa shape index (κ1) is 13.5. The van der Waals surface area contributed by atoms with Gasteiger partial charge in [0.25, 0.3) is 0 Å². The van der Waals surface area contributed by atoms with Gasteiger partial charge in [-0.15, -0.1) is 0 Å². The number of hydrogen-bond donors (Lipinski definition) is 0. The summed E-state index contributed by atoms with van der Waals surface area (Å²) in [6, 6.07) is 1.03. The third kappa shape index (κ3) is 3.47. The monoisotopic (exact) mass is 295 g/mol. The van der Waals surface area contributed by atoms with Crippen LogP contribution in [0.4, 0.5) is 13.2 Å². The second-order valence-corrected chi connectivity index (χ2v) is 5.44. The summed E-state index contributed by atoms with van der Waals surface area (Å²) in [5, 5.41) is 0. The summed E-state index contributed by atoms with van der Waals surface area (Å²) >= 11 is 3.35. The average molecular weight is 296 g/mol. The van der Waals surface area contributed by atoms with Crippen molar-refractivity contribution in [2.45, 2.75) is 37.2 Å². The van der Waals surface area contributed by atoms with Gasteiger partial charge in [-0.3, -0.25) is 4.98 Å². The van der Waals surface area contributed by atoms with Gasteiger partial charge >= 0.3 is 6.18 Å². The minimum absolute atomic E-state index is 0.167. The van der Waals surface area contributed by atoms with Gasteiger partial charge in [-0.05, 0) is 24.0 Å². The van der Waals surface area contributed by atoms with E-state index in [-0.39, 0.29) is 16.3 Å². The average Bonchev–Trinajstić information content (AvgIpc) is 2.15. The van der Waals surface area contributed by atoms with Crippen molar-refractivity contribution in [1.29, 1.82) is 0 Å². The quantitative estimate of drug-likeness (QED) is 0.754. The minimum Gasteiger partial charge on any atom is -0.264 e. The maximum atomic E-state index is 12.7. The van der Waals surface area contributed by atoms with Crippen molar-refractivity contribution in [1.82, 2.24) is 4.98 Å². The first-order chi connectivity index (χ1) is 7.32. The van der Waals surface area contributed by atoms with E-state index in [0.29, 0.717) is 6.42 Å². The van der Waals surface area contributed by atoms with E-state index in [2.05, 4.69) is 20.9 Å². The van der Waals surface area contributed by atoms with E-state index in [0.717, 1.165) is 6.07 Å². The Morgan fingerprint density at radius 3 is 2.50 bits per heavy atom. The molecule has 0 spiro atoms. The zero-order valence-corrected chi connectivity index (χ0v) is 10.6. The second-order valence-electron chi connectivity index (χ2n) is 3.88. The van der Waals surface area contributed by atoms with Gasteiger partial charge in [-0.25, -0.2) is 0 Å². The molecular formula is C11H13BrF3N. The number of nitrogens with zero attached hydrogens (tertiary/aromatic N) is 1. The topological polar surface area (TPSA) is 12.9 Å². The predicted molar refractivity (Wildman–Crippen MR) is 60.7 cm³/mol. The van der Waals surface area contributed by atoms with E-state index in [1.54, 1.807) is 6.92 Å². The van der Waals surface area contributed by atoms with E-state index in [4.69, 9.17) is 0 Å². The van der Waals surface area contributed by atoms with Crippen LogP contribution in [0.15, 0.2) is 18.5 Å². The lowest BCUT2D eigenvalue weighted by molar-refractivity contribution is -0.138. The van der Waals surface area contributed by atoms with Gasteiger partial charge in [0.05, 0.1) is 5.56 Å². The SMILES string of the molecule is CC(Br)CC(C)c1cnccc1C(F)(F)F. The molecular weight excluding hydrogens is 283 g/mol. The molecule has 0 saturated carbocycles. The zero-order chi connectivity index (χ0) is 12.3. The van der Waals surface area contributed by atoms with Crippen molar-refractivity contribution in [2.75, 3.05) is 0 Å². The molecule has 0 aliphatic heterocycles. The normalized spacial score (nSPS) is 15.9. The van der Waals surface area contributed by atoms with Gasteiger partial charge in [-0.2, -0.15) is 13.2 Å². The first-order valence-electron chi connectivity index (χ1n) is 4.97. The second kappa shape index (κ2) is 5.17. The molecule has 1 rings (SSSR count). The summed E-state index contributed by atoms with van der Waals surface area (Å²) in [7, 11) is 0. The van der Waals surface area contributed by atoms with Crippen LogP contribution in [0.3, 0.4) is 0 Å². The molecule has 0 radical (unpaired) electrons. The Labute approximate surface area is 101 Å². The van der Waals surface area contributed by atoms with Crippen LogP contribution < -0.4 is 0 Å². The van der Waals surface area contributed by atoms with Crippen molar-refractivity contribution in [3.8, 4) is 0 Å². The fourth-order valence-corrected chi connectivity index (χ4v) is 2.23. The molecule has 0 aliphatic carbocycles. The highest BCUT2D eigenvalue weighted by Gasteiger charge is 2.34. The molecule has 0 aromatic carbocycles. The summed E-state index contributed by atoms with van der Waals surface area (Å²) in [5.74, 6) is -0.167. The Morgan fingerprint density at radius 2 is 2.00 bits per heavy atom. The highest BCUT2D eigenvalue weighted by atomic mass is 79.9. The molecule has 16 heavy (non-hydrogen) atoms. The predicted octanol–water partition coefficient (Wildman–Crippen LogP) is 4.38. The Morgan fingerprint density at radius 1 is 1.38 bits per heavy atom. The summed E-state index contributed by atoms with van der Waals surface area (Å²) < 4.78 is 38.1. The molecule has 0 bridgehead atoms. The number of pyridine rings is 1. The van der Waals surface area contributed by atoms with Gasteiger partial charge in [0.15, 0.2) is 0 Å². The van der Waals surface area contributed by atoms with Crippen molar-refractivity contribution in [3.63, 3.8) is 0 Å². The van der Waals surface area contributed by atoms with Crippen molar-refractivity contribution in [3.05, 3.63) is 29.6 Å². The molecule has 5 heteroatoms. The maximum absolute atomic E-state index is 12.7. The molecule has 0 fully saturated rings. The van der Waals surface area contributed by atoms with Gasteiger partial charge < -0.3 is 0 Å². The number of aromatic nitrogens is 1. The Balaban J connectivity index is 3.04. The number of hydrogen-bond acceptors (Lipinski definition) is 1. The Bertz CT molecular complexity index is 349. The van der Waals surface area contributed by atoms with Gasteiger partial charge in [0.1, 0.15) is 0 Å². The van der Waals surface area contributed by atoms with Crippen molar-refractivity contribution < 1.29 is 13.2 Å². The number of alkyl halides is 4. The van der Waals surface area contributed by atoms with Gasteiger partial charge in [0.2, 0.25) is 0 Å². The van der Waals surface area contributed by atoms with Crippen LogP contribution in [-0.2, 0) is 6.18 Å². The Kier molecular flexibility index (Phi) is 4.35. The molecule has 90 valence electrons. The Hall–Kier alpha value is -0.580. The van der Waals surface area contributed by atoms with E-state index in [1.807, 2.05) is 6.92 Å². The third-order valence-corrected chi connectivity index (χ3v) is 2.74. The standard InChI is InChI=1S/C11H13BrF3N/c1-7(5-8(2)12)9-6-16-4-3-10(9)11(13,14)15/h3-4,6-8H,5H2,1-2H3. The number of halogens is 4. The lowest BCUT2D eigenvalue weighted by atomic mass is 9.94. The smallest absolute Gasteiger partial charge is 0.264 e. The van der Waals surface area contributed by atoms with Crippen LogP contribution >= 0.6 is 15.9 Å². The molecule has 0 saturated heterocycles. The van der Waals surface area contributed by atoms with Crippen molar-refractivity contribution in [2.24, 2.45) is 0 Å². The lowest BCUT2D eigenvalue weighted by Gasteiger charge is -2.18. The van der Waals surface area contributed by atoms with E-state index >= 15 is 0 Å². The molecule has 1 aromatic rings. The van der Waals surface area contributed by atoms with E-state index in [9.17, 15) is 13.2 Å². The van der Waals surface area contributed by atoms with Crippen LogP contribution in [0.25, 0.3) is 0 Å². The molecule has 1 nitrogen and oxygen atoms in total. The molecule has 1 heterocycles. The van der Waals surface area contributed by atoms with Gasteiger partial charge in [0, 0.05) is 17.2 Å². The lowest BCUT2D eigenvalue weighted by Crippen LogP contribution is -2.12. The minimum atomic E-state index is -4.30. The molecule has 0 amide bonds. The molecule has 0 aliphatic rings. The molecule has 1 aromatic heterocycles. The first-order valence-corrected chi connectivity index (χ1v) is 5.89. The summed E-state index contributed by atoms with van der Waals surface area (Å²) in [6.07, 6.45) is -1.17. The van der Waals surface area contributed by atoms with Crippen LogP contribution in [0.2, 0.25) is 0 Å². The summed E-state index contributed by atoms with van der Waals surface area (Å²) in [4.78, 5) is 3.96. The molecule has 2 unspecified atom stereocenters. The zero-order valence-electron chi connectivity index (χ0n) is 9.05. The molecule has 0 N–H and O–H groups in total. The largest absolute Gasteiger partial charge is 0.416 e. The van der Waals surface area contributed by atoms with Crippen molar-refractivity contribution >= 4 is 15.9 Å². The summed E-state index contributed by atoms with van der Waals surface area (Å²) in [5.41, 5.74) is -0.315.